The van der Waals surface area contributed by atoms with Crippen LogP contribution in [0.3, 0.4) is 0 Å². The van der Waals surface area contributed by atoms with E-state index >= 15 is 0 Å². The number of amides is 1. The highest BCUT2D eigenvalue weighted by Crippen LogP contribution is 2.20. The monoisotopic (exact) mass is 340 g/mol. The van der Waals surface area contributed by atoms with Gasteiger partial charge in [-0.15, -0.1) is 0 Å². The first kappa shape index (κ1) is 15.3. The number of halogens is 1. The second-order valence-corrected chi connectivity index (χ2v) is 6.32. The van der Waals surface area contributed by atoms with E-state index in [1.807, 2.05) is 0 Å². The molecule has 1 aliphatic heterocycles. The van der Waals surface area contributed by atoms with Crippen LogP contribution in [0, 0.1) is 5.92 Å². The summed E-state index contributed by atoms with van der Waals surface area (Å²) in [6.07, 6.45) is 2.67. The zero-order chi connectivity index (χ0) is 14.7. The van der Waals surface area contributed by atoms with Crippen LogP contribution in [0.25, 0.3) is 0 Å². The molecule has 1 aliphatic rings. The molecule has 1 aromatic rings. The molecule has 2 heterocycles. The van der Waals surface area contributed by atoms with Crippen molar-refractivity contribution in [2.24, 2.45) is 5.92 Å². The lowest BCUT2D eigenvalue weighted by atomic mass is 9.94. The van der Waals surface area contributed by atoms with Crippen LogP contribution < -0.4 is 10.6 Å². The zero-order valence-corrected chi connectivity index (χ0v) is 13.7. The highest BCUT2D eigenvalue weighted by atomic mass is 79.9. The first-order valence-corrected chi connectivity index (χ1v) is 7.63. The predicted octanol–water partition coefficient (Wildman–Crippen LogP) is 1.96. The molecule has 0 aromatic carbocycles. The molecule has 1 aromatic heterocycles. The van der Waals surface area contributed by atoms with Crippen molar-refractivity contribution in [2.45, 2.75) is 19.4 Å². The van der Waals surface area contributed by atoms with E-state index in [0.717, 1.165) is 24.0 Å². The lowest BCUT2D eigenvalue weighted by molar-refractivity contribution is 0.0884. The Morgan fingerprint density at radius 1 is 1.55 bits per heavy atom. The topological polar surface area (TPSA) is 57.3 Å². The standard InChI is InChI=1S/C14H21BrN4O/c1-9-8-19(3)5-4-12(9)18-14(20)11-6-10(15)7-17-13(11)16-2/h6-7,9,12H,4-5,8H2,1-3H3,(H,16,17)(H,18,20). The van der Waals surface area contributed by atoms with Crippen LogP contribution in [0.2, 0.25) is 0 Å². The van der Waals surface area contributed by atoms with Gasteiger partial charge >= 0.3 is 0 Å². The van der Waals surface area contributed by atoms with E-state index in [4.69, 9.17) is 0 Å². The number of piperidine rings is 1. The fraction of sp³-hybridized carbons (Fsp3) is 0.571. The third-order valence-electron chi connectivity index (χ3n) is 3.76. The van der Waals surface area contributed by atoms with Gasteiger partial charge in [0.25, 0.3) is 5.91 Å². The molecule has 2 unspecified atom stereocenters. The number of pyridine rings is 1. The quantitative estimate of drug-likeness (QED) is 0.883. The molecule has 2 rings (SSSR count). The maximum Gasteiger partial charge on any atom is 0.255 e. The number of carbonyl (C=O) groups is 1. The Morgan fingerprint density at radius 3 is 2.95 bits per heavy atom. The maximum atomic E-state index is 12.4. The number of rotatable bonds is 3. The lowest BCUT2D eigenvalue weighted by Crippen LogP contribution is -2.49. The lowest BCUT2D eigenvalue weighted by Gasteiger charge is -2.35. The highest BCUT2D eigenvalue weighted by Gasteiger charge is 2.26. The first-order chi connectivity index (χ1) is 9.51. The predicted molar refractivity (Wildman–Crippen MR) is 84.0 cm³/mol. The third kappa shape index (κ3) is 3.49. The summed E-state index contributed by atoms with van der Waals surface area (Å²) in [5.74, 6) is 0.992. The van der Waals surface area contributed by atoms with Crippen molar-refractivity contribution >= 4 is 27.7 Å². The first-order valence-electron chi connectivity index (χ1n) is 6.84. The van der Waals surface area contributed by atoms with Crippen LogP contribution in [0.15, 0.2) is 16.7 Å². The number of nitrogens with zero attached hydrogens (tertiary/aromatic N) is 2. The van der Waals surface area contributed by atoms with E-state index in [0.29, 0.717) is 17.3 Å². The van der Waals surface area contributed by atoms with Crippen LogP contribution >= 0.6 is 15.9 Å². The van der Waals surface area contributed by atoms with Gasteiger partial charge in [-0.05, 0) is 47.9 Å². The zero-order valence-electron chi connectivity index (χ0n) is 12.1. The molecule has 0 aliphatic carbocycles. The number of hydrogen-bond donors (Lipinski definition) is 2. The van der Waals surface area contributed by atoms with E-state index in [9.17, 15) is 4.79 Å². The van der Waals surface area contributed by atoms with Gasteiger partial charge in [-0.3, -0.25) is 4.79 Å². The highest BCUT2D eigenvalue weighted by molar-refractivity contribution is 9.10. The van der Waals surface area contributed by atoms with Crippen molar-refractivity contribution in [1.82, 2.24) is 15.2 Å². The fourth-order valence-corrected chi connectivity index (χ4v) is 2.96. The summed E-state index contributed by atoms with van der Waals surface area (Å²) in [6.45, 7) is 4.21. The van der Waals surface area contributed by atoms with E-state index in [2.05, 4.69) is 50.4 Å². The molecule has 0 saturated carbocycles. The van der Waals surface area contributed by atoms with E-state index in [-0.39, 0.29) is 11.9 Å². The normalized spacial score (nSPS) is 23.4. The molecule has 1 saturated heterocycles. The molecule has 20 heavy (non-hydrogen) atoms. The van der Waals surface area contributed by atoms with Crippen LogP contribution in [0.5, 0.6) is 0 Å². The van der Waals surface area contributed by atoms with Gasteiger partial charge in [0.15, 0.2) is 0 Å². The second-order valence-electron chi connectivity index (χ2n) is 5.41. The Bertz CT molecular complexity index is 494. The Hall–Kier alpha value is -1.14. The molecule has 0 spiro atoms. The summed E-state index contributed by atoms with van der Waals surface area (Å²) in [6, 6.07) is 2.02. The molecule has 110 valence electrons. The van der Waals surface area contributed by atoms with Crippen LogP contribution in [0.1, 0.15) is 23.7 Å². The van der Waals surface area contributed by atoms with Crippen molar-refractivity contribution in [3.05, 3.63) is 22.3 Å². The van der Waals surface area contributed by atoms with Crippen LogP contribution in [0.4, 0.5) is 5.82 Å². The Morgan fingerprint density at radius 2 is 2.30 bits per heavy atom. The fourth-order valence-electron chi connectivity index (χ4n) is 2.63. The molecular weight excluding hydrogens is 320 g/mol. The third-order valence-corrected chi connectivity index (χ3v) is 4.19. The van der Waals surface area contributed by atoms with Crippen molar-refractivity contribution in [3.8, 4) is 0 Å². The molecule has 2 atom stereocenters. The molecule has 1 amide bonds. The molecule has 5 nitrogen and oxygen atoms in total. The smallest absolute Gasteiger partial charge is 0.255 e. The average molecular weight is 341 g/mol. The molecule has 0 radical (unpaired) electrons. The van der Waals surface area contributed by atoms with Crippen molar-refractivity contribution < 1.29 is 4.79 Å². The second kappa shape index (κ2) is 6.54. The molecule has 6 heteroatoms. The van der Waals surface area contributed by atoms with E-state index in [1.165, 1.54) is 0 Å². The van der Waals surface area contributed by atoms with Gasteiger partial charge < -0.3 is 15.5 Å². The number of nitrogens with one attached hydrogen (secondary N) is 2. The van der Waals surface area contributed by atoms with Gasteiger partial charge in [-0.25, -0.2) is 4.98 Å². The summed E-state index contributed by atoms with van der Waals surface area (Å²) in [5, 5.41) is 6.10. The summed E-state index contributed by atoms with van der Waals surface area (Å²) in [7, 11) is 3.89. The van der Waals surface area contributed by atoms with Gasteiger partial charge in [-0.1, -0.05) is 6.92 Å². The van der Waals surface area contributed by atoms with Gasteiger partial charge in [-0.2, -0.15) is 0 Å². The van der Waals surface area contributed by atoms with Crippen LogP contribution in [-0.4, -0.2) is 49.0 Å². The SMILES string of the molecule is CNc1ncc(Br)cc1C(=O)NC1CCN(C)CC1C. The van der Waals surface area contributed by atoms with Gasteiger partial charge in [0.05, 0.1) is 5.56 Å². The van der Waals surface area contributed by atoms with Crippen molar-refractivity contribution in [3.63, 3.8) is 0 Å². The summed E-state index contributed by atoms with van der Waals surface area (Å²) in [5.41, 5.74) is 0.577. The Kier molecular flexibility index (Phi) is 4.99. The van der Waals surface area contributed by atoms with Crippen LogP contribution in [-0.2, 0) is 0 Å². The largest absolute Gasteiger partial charge is 0.372 e. The number of hydrogen-bond acceptors (Lipinski definition) is 4. The van der Waals surface area contributed by atoms with E-state index in [1.54, 1.807) is 19.3 Å². The van der Waals surface area contributed by atoms with Crippen molar-refractivity contribution in [2.75, 3.05) is 32.5 Å². The number of likely N-dealkylation sites (tertiary alicyclic amines) is 1. The molecule has 2 N–H and O–H groups in total. The summed E-state index contributed by atoms with van der Waals surface area (Å²) < 4.78 is 0.804. The number of carbonyl (C=O) groups excluding carboxylic acids is 1. The number of aromatic nitrogens is 1. The number of anilines is 1. The van der Waals surface area contributed by atoms with E-state index < -0.39 is 0 Å². The maximum absolute atomic E-state index is 12.4. The average Bonchev–Trinajstić information content (AvgIpc) is 2.41. The summed E-state index contributed by atoms with van der Waals surface area (Å²) >= 11 is 3.36. The molecule has 1 fully saturated rings. The Labute approximate surface area is 128 Å². The minimum atomic E-state index is -0.0652. The Balaban J connectivity index is 2.10. The van der Waals surface area contributed by atoms with Gasteiger partial charge in [0, 0.05) is 30.3 Å². The summed E-state index contributed by atoms with van der Waals surface area (Å²) in [4.78, 5) is 19.0. The van der Waals surface area contributed by atoms with Gasteiger partial charge in [0.2, 0.25) is 0 Å². The molecular formula is C14H21BrN4O. The minimum Gasteiger partial charge on any atom is -0.372 e. The minimum absolute atomic E-state index is 0.0652. The van der Waals surface area contributed by atoms with Gasteiger partial charge in [0.1, 0.15) is 5.82 Å². The van der Waals surface area contributed by atoms with Crippen molar-refractivity contribution in [1.29, 1.82) is 0 Å². The molecule has 0 bridgehead atoms.